The third-order valence-electron chi connectivity index (χ3n) is 12.6. The van der Waals surface area contributed by atoms with Gasteiger partial charge < -0.3 is 18.5 Å². The second kappa shape index (κ2) is 12.0. The van der Waals surface area contributed by atoms with Gasteiger partial charge in [0.1, 0.15) is 11.2 Å². The Balaban J connectivity index is 1.02. The molecule has 4 heterocycles. The molecule has 0 saturated heterocycles. The van der Waals surface area contributed by atoms with Crippen molar-refractivity contribution in [2.45, 2.75) is 12.0 Å². The van der Waals surface area contributed by atoms with Gasteiger partial charge in [-0.2, -0.15) is 0 Å². The topological polar surface area (TPSA) is 26.2 Å². The first kappa shape index (κ1) is 31.6. The van der Waals surface area contributed by atoms with E-state index in [4.69, 9.17) is 4.42 Å². The average Bonchev–Trinajstić information content (AvgIpc) is 4.01. The highest BCUT2D eigenvalue weighted by atomic mass is 16.3. The molecule has 0 fully saturated rings. The van der Waals surface area contributed by atoms with Crippen LogP contribution in [0.4, 0.5) is 11.4 Å². The molecule has 2 atom stereocenters. The van der Waals surface area contributed by atoms with Crippen molar-refractivity contribution in [3.63, 3.8) is 0 Å². The molecule has 272 valence electrons. The van der Waals surface area contributed by atoms with E-state index >= 15 is 0 Å². The molecule has 4 heteroatoms. The van der Waals surface area contributed by atoms with Gasteiger partial charge >= 0.3 is 0 Å². The molecule has 11 aromatic rings. The molecular weight excluding hydrogens is 707 g/mol. The van der Waals surface area contributed by atoms with Crippen LogP contribution in [0.1, 0.15) is 11.5 Å². The lowest BCUT2D eigenvalue weighted by atomic mass is 9.89. The molecule has 0 spiro atoms. The van der Waals surface area contributed by atoms with Crippen molar-refractivity contribution in [1.82, 2.24) is 9.13 Å². The molecule has 4 nitrogen and oxygen atoms in total. The number of anilines is 2. The minimum atomic E-state index is 0.132. The number of furan rings is 1. The molecule has 13 rings (SSSR count). The van der Waals surface area contributed by atoms with Crippen LogP contribution in [0, 0.1) is 0 Å². The summed E-state index contributed by atoms with van der Waals surface area (Å²) in [6.07, 6.45) is 5.05. The van der Waals surface area contributed by atoms with Crippen molar-refractivity contribution in [1.29, 1.82) is 0 Å². The fourth-order valence-electron chi connectivity index (χ4n) is 10.1. The van der Waals surface area contributed by atoms with Gasteiger partial charge in [0, 0.05) is 60.8 Å². The number of aromatic nitrogens is 2. The Labute approximate surface area is 334 Å². The molecule has 8 aromatic carbocycles. The van der Waals surface area contributed by atoms with Gasteiger partial charge in [0.05, 0.1) is 27.9 Å². The van der Waals surface area contributed by atoms with E-state index in [0.717, 1.165) is 27.6 Å². The second-order valence-corrected chi connectivity index (χ2v) is 15.7. The monoisotopic (exact) mass is 741 g/mol. The summed E-state index contributed by atoms with van der Waals surface area (Å²) in [6.45, 7) is 0. The van der Waals surface area contributed by atoms with Gasteiger partial charge in [-0.3, -0.25) is 0 Å². The van der Waals surface area contributed by atoms with Crippen LogP contribution >= 0.6 is 0 Å². The summed E-state index contributed by atoms with van der Waals surface area (Å²) in [5.74, 6) is 0.182. The number of para-hydroxylation sites is 5. The van der Waals surface area contributed by atoms with Crippen molar-refractivity contribution in [2.75, 3.05) is 4.90 Å². The second-order valence-electron chi connectivity index (χ2n) is 15.7. The number of fused-ring (bicyclic) bond motifs is 12. The van der Waals surface area contributed by atoms with E-state index in [1.165, 1.54) is 77.0 Å². The van der Waals surface area contributed by atoms with Crippen LogP contribution in [0.3, 0.4) is 0 Å². The maximum absolute atomic E-state index is 6.44. The zero-order valence-electron chi connectivity index (χ0n) is 31.5. The largest absolute Gasteiger partial charge is 0.456 e. The summed E-state index contributed by atoms with van der Waals surface area (Å²) in [4.78, 5) is 2.57. The van der Waals surface area contributed by atoms with Gasteiger partial charge in [-0.05, 0) is 102 Å². The summed E-state index contributed by atoms with van der Waals surface area (Å²) < 4.78 is 11.3. The van der Waals surface area contributed by atoms with E-state index in [1.54, 1.807) is 0 Å². The van der Waals surface area contributed by atoms with Crippen LogP contribution in [0.25, 0.3) is 89.3 Å². The molecule has 0 radical (unpaired) electrons. The summed E-state index contributed by atoms with van der Waals surface area (Å²) in [7, 11) is 0. The van der Waals surface area contributed by atoms with Crippen molar-refractivity contribution in [3.05, 3.63) is 204 Å². The highest BCUT2D eigenvalue weighted by Crippen LogP contribution is 2.49. The maximum atomic E-state index is 6.44. The van der Waals surface area contributed by atoms with E-state index in [2.05, 4.69) is 208 Å². The molecular formula is C54H35N3O. The predicted molar refractivity (Wildman–Crippen MR) is 240 cm³/mol. The normalized spacial score (nSPS) is 15.8. The fourth-order valence-corrected chi connectivity index (χ4v) is 10.1. The van der Waals surface area contributed by atoms with E-state index in [1.807, 2.05) is 6.07 Å². The first-order chi connectivity index (χ1) is 28.8. The zero-order chi connectivity index (χ0) is 37.9. The number of hydrogen-bond donors (Lipinski definition) is 0. The fraction of sp³-hybridized carbons (Fsp3) is 0.0370. The van der Waals surface area contributed by atoms with E-state index < -0.39 is 0 Å². The zero-order valence-corrected chi connectivity index (χ0v) is 31.5. The van der Waals surface area contributed by atoms with Gasteiger partial charge in [-0.15, -0.1) is 0 Å². The third kappa shape index (κ3) is 4.45. The summed E-state index contributed by atoms with van der Waals surface area (Å²) in [6, 6.07) is 68.4. The lowest BCUT2D eigenvalue weighted by Crippen LogP contribution is -2.39. The average molecular weight is 742 g/mol. The van der Waals surface area contributed by atoms with Gasteiger partial charge in [-0.1, -0.05) is 115 Å². The van der Waals surface area contributed by atoms with Crippen molar-refractivity contribution in [2.24, 2.45) is 0 Å². The van der Waals surface area contributed by atoms with Crippen LogP contribution in [0.5, 0.6) is 0 Å². The Hall–Kier alpha value is -7.56. The number of benzene rings is 8. The minimum absolute atomic E-state index is 0.132. The SMILES string of the molecule is C1=c2c(n(-c3ccccc3)c3ccccc23)=CC2c3ccc(-c4ccc5c(c4)c4cc6oc7ccccc7c6cc4n5-c4ccccc4)cc3N(c3ccccc3)C12. The quantitative estimate of drug-likeness (QED) is 0.180. The Bertz CT molecular complexity index is 3580. The van der Waals surface area contributed by atoms with E-state index in [9.17, 15) is 0 Å². The van der Waals surface area contributed by atoms with Crippen LogP contribution in [-0.2, 0) is 0 Å². The van der Waals surface area contributed by atoms with Crippen LogP contribution in [0.2, 0.25) is 0 Å². The van der Waals surface area contributed by atoms with Crippen LogP contribution in [-0.4, -0.2) is 15.2 Å². The molecule has 2 aliphatic rings. The summed E-state index contributed by atoms with van der Waals surface area (Å²) in [5, 5.41) is 8.50. The lowest BCUT2D eigenvalue weighted by Gasteiger charge is -2.29. The van der Waals surface area contributed by atoms with Crippen LogP contribution in [0.15, 0.2) is 192 Å². The molecule has 3 aromatic heterocycles. The van der Waals surface area contributed by atoms with Crippen molar-refractivity contribution < 1.29 is 4.42 Å². The molecule has 1 aliphatic heterocycles. The molecule has 0 bridgehead atoms. The molecule has 0 amide bonds. The first-order valence-electron chi connectivity index (χ1n) is 20.1. The summed E-state index contributed by atoms with van der Waals surface area (Å²) >= 11 is 0. The highest BCUT2D eigenvalue weighted by molar-refractivity contribution is 6.17. The third-order valence-corrected chi connectivity index (χ3v) is 12.6. The standard InChI is InChI=1S/C54H35N3O/c1-4-14-36(15-5-1)55-47-22-12-10-20-39(47)43-30-51-44(31-50(43)55)40-26-24-35(29-49(40)57(51)38-18-8-3-9-19-38)34-25-27-48-42(28-34)45-33-54-46(41-21-11-13-23-53(41)58-54)32-52(45)56(48)37-16-6-2-7-17-37/h1-33,44,51H. The minimum Gasteiger partial charge on any atom is -0.456 e. The maximum Gasteiger partial charge on any atom is 0.136 e. The molecule has 2 unspecified atom stereocenters. The smallest absolute Gasteiger partial charge is 0.136 e. The highest BCUT2D eigenvalue weighted by Gasteiger charge is 2.39. The van der Waals surface area contributed by atoms with Gasteiger partial charge in [0.15, 0.2) is 0 Å². The van der Waals surface area contributed by atoms with Gasteiger partial charge in [-0.25, -0.2) is 0 Å². The Kier molecular flexibility index (Phi) is 6.53. The Morgan fingerprint density at radius 2 is 1.02 bits per heavy atom. The number of hydrogen-bond acceptors (Lipinski definition) is 2. The Morgan fingerprint density at radius 3 is 1.81 bits per heavy atom. The first-order valence-corrected chi connectivity index (χ1v) is 20.1. The van der Waals surface area contributed by atoms with Crippen LogP contribution < -0.4 is 15.5 Å². The molecule has 1 aliphatic carbocycles. The van der Waals surface area contributed by atoms with E-state index in [0.29, 0.717) is 0 Å². The van der Waals surface area contributed by atoms with Crippen molar-refractivity contribution >= 4 is 78.2 Å². The summed E-state index contributed by atoms with van der Waals surface area (Å²) in [5.41, 5.74) is 13.9. The Morgan fingerprint density at radius 1 is 0.397 bits per heavy atom. The number of nitrogens with zero attached hydrogens (tertiary/aromatic N) is 3. The number of rotatable bonds is 4. The predicted octanol–water partition coefficient (Wildman–Crippen LogP) is 12.2. The molecule has 0 saturated carbocycles. The van der Waals surface area contributed by atoms with Gasteiger partial charge in [0.2, 0.25) is 0 Å². The molecule has 0 N–H and O–H groups in total. The van der Waals surface area contributed by atoms with Gasteiger partial charge in [0.25, 0.3) is 0 Å². The molecule has 58 heavy (non-hydrogen) atoms. The van der Waals surface area contributed by atoms with E-state index in [-0.39, 0.29) is 12.0 Å². The lowest BCUT2D eigenvalue weighted by molar-refractivity contribution is 0.669. The van der Waals surface area contributed by atoms with Crippen molar-refractivity contribution in [3.8, 4) is 22.5 Å².